The summed E-state index contributed by atoms with van der Waals surface area (Å²) in [5.41, 5.74) is 1.49. The maximum atomic E-state index is 12.2. The van der Waals surface area contributed by atoms with Gasteiger partial charge in [-0.2, -0.15) is 5.10 Å². The van der Waals surface area contributed by atoms with Crippen LogP contribution in [0.3, 0.4) is 0 Å². The Labute approximate surface area is 166 Å². The van der Waals surface area contributed by atoms with E-state index in [0.717, 1.165) is 17.8 Å². The molecule has 1 aliphatic rings. The zero-order chi connectivity index (χ0) is 19.9. The number of likely N-dealkylation sites (tertiary alicyclic amines) is 1. The zero-order valence-electron chi connectivity index (χ0n) is 16.8. The number of piperidine rings is 1. The summed E-state index contributed by atoms with van der Waals surface area (Å²) in [7, 11) is 0. The Morgan fingerprint density at radius 2 is 1.79 bits per heavy atom. The van der Waals surface area contributed by atoms with Crippen molar-refractivity contribution >= 4 is 5.91 Å². The molecular formula is C22H30N4O2. The van der Waals surface area contributed by atoms with Crippen LogP contribution in [0.1, 0.15) is 39.5 Å². The average Bonchev–Trinajstić information content (AvgIpc) is 2.70. The highest BCUT2D eigenvalue weighted by molar-refractivity contribution is 5.75. The third-order valence-electron chi connectivity index (χ3n) is 5.56. The maximum absolute atomic E-state index is 12.2. The third-order valence-corrected chi connectivity index (χ3v) is 5.56. The van der Waals surface area contributed by atoms with Gasteiger partial charge in [0.2, 0.25) is 5.91 Å². The molecule has 1 saturated heterocycles. The van der Waals surface area contributed by atoms with Gasteiger partial charge >= 0.3 is 0 Å². The van der Waals surface area contributed by atoms with Gasteiger partial charge in [0, 0.05) is 43.2 Å². The first-order valence-corrected chi connectivity index (χ1v) is 10.2. The monoisotopic (exact) mass is 382 g/mol. The summed E-state index contributed by atoms with van der Waals surface area (Å²) in [4.78, 5) is 26.8. The Balaban J connectivity index is 1.50. The smallest absolute Gasteiger partial charge is 0.266 e. The summed E-state index contributed by atoms with van der Waals surface area (Å²) in [5, 5.41) is 7.39. The SMILES string of the molecule is C[C@@H]1CCC[C@@H](C)N1CCNC(=O)CCn1nc(-c2ccccc2)ccc1=O. The molecule has 0 bridgehead atoms. The molecule has 6 heteroatoms. The van der Waals surface area contributed by atoms with Gasteiger partial charge in [-0.1, -0.05) is 36.8 Å². The number of aryl methyl sites for hydroxylation is 1. The molecule has 0 saturated carbocycles. The van der Waals surface area contributed by atoms with Gasteiger partial charge in [-0.15, -0.1) is 0 Å². The van der Waals surface area contributed by atoms with E-state index >= 15 is 0 Å². The number of hydrogen-bond donors (Lipinski definition) is 1. The highest BCUT2D eigenvalue weighted by atomic mass is 16.2. The van der Waals surface area contributed by atoms with E-state index in [1.807, 2.05) is 30.3 Å². The minimum absolute atomic E-state index is 0.0453. The number of hydrogen-bond acceptors (Lipinski definition) is 4. The molecule has 1 aliphatic heterocycles. The number of carbonyl (C=O) groups excluding carboxylic acids is 1. The molecule has 2 atom stereocenters. The lowest BCUT2D eigenvalue weighted by Gasteiger charge is -2.39. The normalized spacial score (nSPS) is 20.1. The minimum atomic E-state index is -0.191. The Morgan fingerprint density at radius 3 is 2.50 bits per heavy atom. The predicted molar refractivity (Wildman–Crippen MR) is 111 cm³/mol. The Bertz CT molecular complexity index is 824. The van der Waals surface area contributed by atoms with Gasteiger partial charge < -0.3 is 5.32 Å². The zero-order valence-corrected chi connectivity index (χ0v) is 16.8. The second-order valence-corrected chi connectivity index (χ2v) is 7.61. The van der Waals surface area contributed by atoms with Gasteiger partial charge in [0.1, 0.15) is 0 Å². The highest BCUT2D eigenvalue weighted by Gasteiger charge is 2.23. The number of carbonyl (C=O) groups is 1. The van der Waals surface area contributed by atoms with Crippen molar-refractivity contribution in [3.63, 3.8) is 0 Å². The molecule has 3 rings (SSSR count). The fraction of sp³-hybridized carbons (Fsp3) is 0.500. The molecule has 6 nitrogen and oxygen atoms in total. The minimum Gasteiger partial charge on any atom is -0.355 e. The fourth-order valence-corrected chi connectivity index (χ4v) is 3.91. The van der Waals surface area contributed by atoms with Crippen molar-refractivity contribution < 1.29 is 4.79 Å². The molecule has 1 amide bonds. The van der Waals surface area contributed by atoms with Gasteiger partial charge in [0.05, 0.1) is 12.2 Å². The first-order valence-electron chi connectivity index (χ1n) is 10.2. The van der Waals surface area contributed by atoms with E-state index in [1.165, 1.54) is 30.0 Å². The quantitative estimate of drug-likeness (QED) is 0.799. The number of benzene rings is 1. The van der Waals surface area contributed by atoms with Crippen LogP contribution >= 0.6 is 0 Å². The van der Waals surface area contributed by atoms with Gasteiger partial charge in [-0.3, -0.25) is 14.5 Å². The molecule has 1 aromatic carbocycles. The van der Waals surface area contributed by atoms with Crippen LogP contribution in [-0.2, 0) is 11.3 Å². The standard InChI is InChI=1S/C22H30N4O2/c1-17-7-6-8-18(2)25(17)16-14-23-21(27)13-15-26-22(28)12-11-20(24-26)19-9-4-3-5-10-19/h3-5,9-12,17-18H,6-8,13-16H2,1-2H3,(H,23,27)/t17-,18-/m1/s1. The molecule has 0 unspecified atom stereocenters. The van der Waals surface area contributed by atoms with Crippen LogP contribution in [-0.4, -0.2) is 45.8 Å². The molecule has 1 N–H and O–H groups in total. The summed E-state index contributed by atoms with van der Waals surface area (Å²) in [5.74, 6) is -0.0453. The summed E-state index contributed by atoms with van der Waals surface area (Å²) >= 11 is 0. The molecule has 0 spiro atoms. The van der Waals surface area contributed by atoms with Crippen molar-refractivity contribution in [3.8, 4) is 11.3 Å². The number of rotatable bonds is 7. The van der Waals surface area contributed by atoms with Gasteiger partial charge in [0.15, 0.2) is 0 Å². The van der Waals surface area contributed by atoms with Gasteiger partial charge in [-0.05, 0) is 32.8 Å². The number of nitrogens with zero attached hydrogens (tertiary/aromatic N) is 3. The van der Waals surface area contributed by atoms with Crippen LogP contribution in [0, 0.1) is 0 Å². The van der Waals surface area contributed by atoms with E-state index in [1.54, 1.807) is 6.07 Å². The maximum Gasteiger partial charge on any atom is 0.266 e. The lowest BCUT2D eigenvalue weighted by atomic mass is 9.98. The first-order chi connectivity index (χ1) is 13.5. The molecule has 2 aromatic rings. The van der Waals surface area contributed by atoms with E-state index in [4.69, 9.17) is 0 Å². The highest BCUT2D eigenvalue weighted by Crippen LogP contribution is 2.21. The topological polar surface area (TPSA) is 67.2 Å². The second kappa shape index (κ2) is 9.64. The van der Waals surface area contributed by atoms with Crippen molar-refractivity contribution in [3.05, 3.63) is 52.8 Å². The Hall–Kier alpha value is -2.47. The van der Waals surface area contributed by atoms with Crippen molar-refractivity contribution in [2.45, 2.75) is 58.2 Å². The molecule has 0 aliphatic carbocycles. The molecule has 1 aromatic heterocycles. The lowest BCUT2D eigenvalue weighted by Crippen LogP contribution is -2.47. The molecule has 2 heterocycles. The fourth-order valence-electron chi connectivity index (χ4n) is 3.91. The van der Waals surface area contributed by atoms with Crippen LogP contribution in [0.4, 0.5) is 0 Å². The van der Waals surface area contributed by atoms with E-state index in [9.17, 15) is 9.59 Å². The van der Waals surface area contributed by atoms with Crippen LogP contribution in [0.5, 0.6) is 0 Å². The summed E-state index contributed by atoms with van der Waals surface area (Å²) in [6, 6.07) is 14.1. The second-order valence-electron chi connectivity index (χ2n) is 7.61. The van der Waals surface area contributed by atoms with E-state index in [0.29, 0.717) is 18.6 Å². The van der Waals surface area contributed by atoms with Crippen LogP contribution in [0.25, 0.3) is 11.3 Å². The van der Waals surface area contributed by atoms with Crippen molar-refractivity contribution in [1.82, 2.24) is 20.0 Å². The first kappa shape index (κ1) is 20.3. The third kappa shape index (κ3) is 5.29. The van der Waals surface area contributed by atoms with E-state index in [2.05, 4.69) is 29.2 Å². The van der Waals surface area contributed by atoms with Crippen molar-refractivity contribution in [2.75, 3.05) is 13.1 Å². The van der Waals surface area contributed by atoms with Crippen LogP contribution < -0.4 is 10.9 Å². The number of amides is 1. The average molecular weight is 383 g/mol. The van der Waals surface area contributed by atoms with E-state index < -0.39 is 0 Å². The molecule has 150 valence electrons. The molecular weight excluding hydrogens is 352 g/mol. The number of nitrogens with one attached hydrogen (secondary N) is 1. The van der Waals surface area contributed by atoms with Crippen LogP contribution in [0.15, 0.2) is 47.3 Å². The summed E-state index contributed by atoms with van der Waals surface area (Å²) < 4.78 is 1.37. The van der Waals surface area contributed by atoms with Crippen LogP contribution in [0.2, 0.25) is 0 Å². The van der Waals surface area contributed by atoms with Gasteiger partial charge in [0.25, 0.3) is 5.56 Å². The Morgan fingerprint density at radius 1 is 1.07 bits per heavy atom. The van der Waals surface area contributed by atoms with E-state index in [-0.39, 0.29) is 24.4 Å². The Kier molecular flexibility index (Phi) is 6.98. The largest absolute Gasteiger partial charge is 0.355 e. The molecule has 0 radical (unpaired) electrons. The molecule has 1 fully saturated rings. The number of aromatic nitrogens is 2. The molecule has 28 heavy (non-hydrogen) atoms. The van der Waals surface area contributed by atoms with Gasteiger partial charge in [-0.25, -0.2) is 4.68 Å². The van der Waals surface area contributed by atoms with Crippen molar-refractivity contribution in [1.29, 1.82) is 0 Å². The van der Waals surface area contributed by atoms with Crippen molar-refractivity contribution in [2.24, 2.45) is 0 Å². The lowest BCUT2D eigenvalue weighted by molar-refractivity contribution is -0.121. The summed E-state index contributed by atoms with van der Waals surface area (Å²) in [6.45, 7) is 6.31. The predicted octanol–water partition coefficient (Wildman–Crippen LogP) is 2.68. The summed E-state index contributed by atoms with van der Waals surface area (Å²) in [6.07, 6.45) is 3.99.